The Kier molecular flexibility index (Phi) is 6.62. The fraction of sp³-hybridized carbons (Fsp3) is 0.467. The molecule has 0 saturated carbocycles. The lowest BCUT2D eigenvalue weighted by Crippen LogP contribution is -2.39. The van der Waals surface area contributed by atoms with Crippen LogP contribution in [0.15, 0.2) is 18.2 Å². The Morgan fingerprint density at radius 3 is 2.43 bits per heavy atom. The smallest absolute Gasteiger partial charge is 0.407 e. The van der Waals surface area contributed by atoms with E-state index in [1.165, 1.54) is 25.3 Å². The molecule has 7 nitrogen and oxygen atoms in total. The van der Waals surface area contributed by atoms with Crippen LogP contribution < -0.4 is 20.7 Å². The molecule has 0 radical (unpaired) electrons. The van der Waals surface area contributed by atoms with Crippen molar-refractivity contribution in [2.45, 2.75) is 26.4 Å². The number of carbonyl (C=O) groups excluding carboxylic acids is 2. The van der Waals surface area contributed by atoms with Gasteiger partial charge in [0.05, 0.1) is 12.8 Å². The van der Waals surface area contributed by atoms with Crippen LogP contribution >= 0.6 is 0 Å². The Balaban J connectivity index is 2.34. The summed E-state index contributed by atoms with van der Waals surface area (Å²) >= 11 is 0. The highest BCUT2D eigenvalue weighted by atomic mass is 19.1. The molecule has 0 aromatic heterocycles. The Bertz CT molecular complexity index is 558. The molecule has 3 amide bonds. The topological polar surface area (TPSA) is 88.7 Å². The number of ether oxygens (including phenoxy) is 2. The van der Waals surface area contributed by atoms with E-state index in [0.717, 1.165) is 0 Å². The summed E-state index contributed by atoms with van der Waals surface area (Å²) < 4.78 is 23.1. The summed E-state index contributed by atoms with van der Waals surface area (Å²) in [5, 5.41) is 7.59. The maximum Gasteiger partial charge on any atom is 0.407 e. The van der Waals surface area contributed by atoms with Crippen LogP contribution in [0.25, 0.3) is 0 Å². The fourth-order valence-electron chi connectivity index (χ4n) is 1.59. The van der Waals surface area contributed by atoms with E-state index in [1.54, 1.807) is 20.8 Å². The summed E-state index contributed by atoms with van der Waals surface area (Å²) in [6, 6.07) is 3.27. The number of halogens is 1. The molecule has 0 unspecified atom stereocenters. The molecule has 1 aromatic rings. The van der Waals surface area contributed by atoms with E-state index in [2.05, 4.69) is 16.0 Å². The monoisotopic (exact) mass is 327 g/mol. The zero-order valence-electron chi connectivity index (χ0n) is 13.7. The molecule has 8 heteroatoms. The number of alkyl carbamates (subject to hydrolysis) is 1. The molecule has 3 N–H and O–H groups in total. The average molecular weight is 327 g/mol. The number of urea groups is 1. The van der Waals surface area contributed by atoms with Crippen molar-refractivity contribution in [3.05, 3.63) is 24.0 Å². The maximum absolute atomic E-state index is 13.1. The summed E-state index contributed by atoms with van der Waals surface area (Å²) in [7, 11) is 1.38. The van der Waals surface area contributed by atoms with Crippen LogP contribution in [0.3, 0.4) is 0 Å². The summed E-state index contributed by atoms with van der Waals surface area (Å²) in [5.41, 5.74) is -0.236. The molecule has 23 heavy (non-hydrogen) atoms. The molecule has 0 aliphatic carbocycles. The molecule has 0 aliphatic heterocycles. The van der Waals surface area contributed by atoms with Crippen LogP contribution in [0.1, 0.15) is 20.8 Å². The van der Waals surface area contributed by atoms with Gasteiger partial charge in [-0.25, -0.2) is 14.0 Å². The van der Waals surface area contributed by atoms with Crippen molar-refractivity contribution in [1.82, 2.24) is 10.6 Å². The molecule has 0 aliphatic rings. The van der Waals surface area contributed by atoms with E-state index in [4.69, 9.17) is 9.47 Å². The van der Waals surface area contributed by atoms with Gasteiger partial charge in [-0.1, -0.05) is 0 Å². The number of hydrogen-bond donors (Lipinski definition) is 3. The predicted octanol–water partition coefficient (Wildman–Crippen LogP) is 2.48. The van der Waals surface area contributed by atoms with Crippen LogP contribution in [0, 0.1) is 5.82 Å². The molecule has 1 aromatic carbocycles. The zero-order valence-corrected chi connectivity index (χ0v) is 13.7. The van der Waals surface area contributed by atoms with Gasteiger partial charge in [-0.2, -0.15) is 0 Å². The number of methoxy groups -OCH3 is 1. The SMILES string of the molecule is COc1cc(F)ccc1NC(=O)NCCNC(=O)OC(C)(C)C. The third kappa shape index (κ3) is 7.35. The van der Waals surface area contributed by atoms with Crippen LogP contribution in [-0.2, 0) is 4.74 Å². The van der Waals surface area contributed by atoms with E-state index >= 15 is 0 Å². The van der Waals surface area contributed by atoms with E-state index in [9.17, 15) is 14.0 Å². The second-order valence-corrected chi connectivity index (χ2v) is 5.65. The summed E-state index contributed by atoms with van der Waals surface area (Å²) in [4.78, 5) is 23.1. The first-order valence-electron chi connectivity index (χ1n) is 7.06. The molecule has 0 bridgehead atoms. The molecule has 128 valence electrons. The number of hydrogen-bond acceptors (Lipinski definition) is 4. The highest BCUT2D eigenvalue weighted by Crippen LogP contribution is 2.24. The van der Waals surface area contributed by atoms with E-state index < -0.39 is 23.5 Å². The van der Waals surface area contributed by atoms with Crippen LogP contribution in [0.4, 0.5) is 19.7 Å². The van der Waals surface area contributed by atoms with Crippen molar-refractivity contribution in [3.8, 4) is 5.75 Å². The summed E-state index contributed by atoms with van der Waals surface area (Å²) in [6.45, 7) is 5.69. The number of rotatable bonds is 5. The minimum Gasteiger partial charge on any atom is -0.494 e. The first-order chi connectivity index (χ1) is 10.7. The van der Waals surface area contributed by atoms with Gasteiger partial charge in [0.25, 0.3) is 0 Å². The first-order valence-corrected chi connectivity index (χ1v) is 7.06. The minimum absolute atomic E-state index is 0.203. The predicted molar refractivity (Wildman–Crippen MR) is 84.2 cm³/mol. The van der Waals surface area contributed by atoms with Gasteiger partial charge in [0.1, 0.15) is 17.2 Å². The van der Waals surface area contributed by atoms with Gasteiger partial charge in [0, 0.05) is 19.2 Å². The molecular formula is C15H22FN3O4. The second-order valence-electron chi connectivity index (χ2n) is 5.65. The van der Waals surface area contributed by atoms with Crippen LogP contribution in [-0.4, -0.2) is 37.9 Å². The lowest BCUT2D eigenvalue weighted by atomic mass is 10.2. The van der Waals surface area contributed by atoms with Crippen molar-refractivity contribution >= 4 is 17.8 Å². The molecule has 0 fully saturated rings. The fourth-order valence-corrected chi connectivity index (χ4v) is 1.59. The van der Waals surface area contributed by atoms with Gasteiger partial charge in [0.15, 0.2) is 0 Å². The first kappa shape index (κ1) is 18.5. The zero-order chi connectivity index (χ0) is 17.5. The molecule has 0 spiro atoms. The number of benzene rings is 1. The molecular weight excluding hydrogens is 305 g/mol. The van der Waals surface area contributed by atoms with E-state index in [0.29, 0.717) is 5.69 Å². The van der Waals surface area contributed by atoms with E-state index in [-0.39, 0.29) is 18.8 Å². The average Bonchev–Trinajstić information content (AvgIpc) is 2.43. The second kappa shape index (κ2) is 8.21. The normalized spacial score (nSPS) is 10.7. The lowest BCUT2D eigenvalue weighted by Gasteiger charge is -2.19. The quantitative estimate of drug-likeness (QED) is 0.725. The molecule has 1 rings (SSSR count). The Morgan fingerprint density at radius 1 is 1.17 bits per heavy atom. The molecule has 0 saturated heterocycles. The largest absolute Gasteiger partial charge is 0.494 e. The van der Waals surface area contributed by atoms with Crippen molar-refractivity contribution in [3.63, 3.8) is 0 Å². The maximum atomic E-state index is 13.1. The Morgan fingerprint density at radius 2 is 1.83 bits per heavy atom. The Labute approximate surface area is 134 Å². The summed E-state index contributed by atoms with van der Waals surface area (Å²) in [6.07, 6.45) is -0.556. The van der Waals surface area contributed by atoms with Crippen LogP contribution in [0.2, 0.25) is 0 Å². The van der Waals surface area contributed by atoms with Gasteiger partial charge in [-0.3, -0.25) is 0 Å². The van der Waals surface area contributed by atoms with Crippen molar-refractivity contribution < 1.29 is 23.5 Å². The highest BCUT2D eigenvalue weighted by molar-refractivity contribution is 5.90. The molecule has 0 atom stereocenters. The highest BCUT2D eigenvalue weighted by Gasteiger charge is 2.15. The third-order valence-electron chi connectivity index (χ3n) is 2.49. The van der Waals surface area contributed by atoms with Crippen molar-refractivity contribution in [2.24, 2.45) is 0 Å². The van der Waals surface area contributed by atoms with Crippen molar-refractivity contribution in [2.75, 3.05) is 25.5 Å². The van der Waals surface area contributed by atoms with Gasteiger partial charge < -0.3 is 25.4 Å². The standard InChI is InChI=1S/C15H22FN3O4/c1-15(2,3)23-14(21)18-8-7-17-13(20)19-11-6-5-10(16)9-12(11)22-4/h5-6,9H,7-8H2,1-4H3,(H,18,21)(H2,17,19,20). The third-order valence-corrected chi connectivity index (χ3v) is 2.49. The van der Waals surface area contributed by atoms with Crippen molar-refractivity contribution in [1.29, 1.82) is 0 Å². The number of amides is 3. The lowest BCUT2D eigenvalue weighted by molar-refractivity contribution is 0.0528. The minimum atomic E-state index is -0.575. The number of carbonyl (C=O) groups is 2. The van der Waals surface area contributed by atoms with Crippen LogP contribution in [0.5, 0.6) is 5.75 Å². The van der Waals surface area contributed by atoms with Gasteiger partial charge >= 0.3 is 12.1 Å². The summed E-state index contributed by atoms with van der Waals surface area (Å²) in [5.74, 6) is -0.249. The van der Waals surface area contributed by atoms with Gasteiger partial charge in [-0.15, -0.1) is 0 Å². The van der Waals surface area contributed by atoms with Gasteiger partial charge in [-0.05, 0) is 32.9 Å². The van der Waals surface area contributed by atoms with E-state index in [1.807, 2.05) is 0 Å². The number of anilines is 1. The Hall–Kier alpha value is -2.51. The van der Waals surface area contributed by atoms with Gasteiger partial charge in [0.2, 0.25) is 0 Å². The number of nitrogens with one attached hydrogen (secondary N) is 3. The molecule has 0 heterocycles.